The first-order valence-corrected chi connectivity index (χ1v) is 6.82. The van der Waals surface area contributed by atoms with Crippen LogP contribution in [-0.2, 0) is 10.0 Å². The number of rotatable bonds is 5. The zero-order valence-corrected chi connectivity index (χ0v) is 10.5. The molecule has 1 aromatic carbocycles. The number of para-hydroxylation sites is 1. The van der Waals surface area contributed by atoms with E-state index in [0.717, 1.165) is 11.3 Å². The molecule has 90 valence electrons. The van der Waals surface area contributed by atoms with Gasteiger partial charge in [0.25, 0.3) is 0 Å². The van der Waals surface area contributed by atoms with Crippen molar-refractivity contribution in [2.75, 3.05) is 23.7 Å². The molecule has 0 bridgehead atoms. The van der Waals surface area contributed by atoms with E-state index in [4.69, 9.17) is 5.73 Å². The summed E-state index contributed by atoms with van der Waals surface area (Å²) in [6.45, 7) is 2.28. The molecule has 0 aliphatic carbocycles. The lowest BCUT2D eigenvalue weighted by molar-refractivity contribution is 0.592. The minimum Gasteiger partial charge on any atom is -0.330 e. The van der Waals surface area contributed by atoms with Crippen LogP contribution in [0.2, 0.25) is 0 Å². The summed E-state index contributed by atoms with van der Waals surface area (Å²) in [5.74, 6) is 0.0916. The molecule has 0 saturated carbocycles. The molecule has 0 heterocycles. The van der Waals surface area contributed by atoms with Crippen LogP contribution in [0.3, 0.4) is 0 Å². The zero-order chi connectivity index (χ0) is 12.2. The van der Waals surface area contributed by atoms with Gasteiger partial charge in [-0.1, -0.05) is 18.2 Å². The number of nitrogens with two attached hydrogens (primary N) is 1. The molecule has 0 amide bonds. The van der Waals surface area contributed by atoms with E-state index >= 15 is 0 Å². The topological polar surface area (TPSA) is 63.4 Å². The monoisotopic (exact) mass is 242 g/mol. The summed E-state index contributed by atoms with van der Waals surface area (Å²) in [4.78, 5) is 0. The Bertz CT molecular complexity index is 443. The fraction of sp³-hybridized carbons (Fsp3) is 0.455. The van der Waals surface area contributed by atoms with Gasteiger partial charge in [0.2, 0.25) is 10.0 Å². The van der Waals surface area contributed by atoms with Crippen molar-refractivity contribution in [3.8, 4) is 0 Å². The highest BCUT2D eigenvalue weighted by Crippen LogP contribution is 2.20. The van der Waals surface area contributed by atoms with Gasteiger partial charge in [0.1, 0.15) is 0 Å². The first-order chi connectivity index (χ1) is 7.49. The van der Waals surface area contributed by atoms with Crippen LogP contribution in [0, 0.1) is 6.92 Å². The van der Waals surface area contributed by atoms with Gasteiger partial charge in [-0.05, 0) is 31.5 Å². The number of benzene rings is 1. The third-order valence-electron chi connectivity index (χ3n) is 2.48. The van der Waals surface area contributed by atoms with E-state index < -0.39 is 10.0 Å². The molecule has 0 aromatic heterocycles. The molecule has 0 atom stereocenters. The van der Waals surface area contributed by atoms with Crippen LogP contribution in [0.4, 0.5) is 5.69 Å². The maximum atomic E-state index is 11.9. The first-order valence-electron chi connectivity index (χ1n) is 5.21. The summed E-state index contributed by atoms with van der Waals surface area (Å²) in [5, 5.41) is 0. The molecular formula is C11H18N2O2S. The molecule has 4 nitrogen and oxygen atoms in total. The van der Waals surface area contributed by atoms with E-state index in [0.29, 0.717) is 13.0 Å². The summed E-state index contributed by atoms with van der Waals surface area (Å²) in [5.41, 5.74) is 6.99. The zero-order valence-electron chi connectivity index (χ0n) is 9.68. The highest BCUT2D eigenvalue weighted by Gasteiger charge is 2.18. The Morgan fingerprint density at radius 1 is 1.31 bits per heavy atom. The Hall–Kier alpha value is -1.07. The van der Waals surface area contributed by atoms with E-state index in [2.05, 4.69) is 0 Å². The number of nitrogens with zero attached hydrogens (tertiary/aromatic N) is 1. The van der Waals surface area contributed by atoms with Gasteiger partial charge in [-0.3, -0.25) is 4.31 Å². The van der Waals surface area contributed by atoms with E-state index in [1.54, 1.807) is 13.1 Å². The number of aryl methyl sites for hydroxylation is 1. The van der Waals surface area contributed by atoms with Crippen molar-refractivity contribution in [1.29, 1.82) is 0 Å². The molecule has 1 rings (SSSR count). The average molecular weight is 242 g/mol. The van der Waals surface area contributed by atoms with E-state index in [1.807, 2.05) is 25.1 Å². The highest BCUT2D eigenvalue weighted by atomic mass is 32.2. The van der Waals surface area contributed by atoms with Gasteiger partial charge in [-0.25, -0.2) is 8.42 Å². The fourth-order valence-electron chi connectivity index (χ4n) is 1.47. The molecule has 16 heavy (non-hydrogen) atoms. The van der Waals surface area contributed by atoms with E-state index in [9.17, 15) is 8.42 Å². The number of anilines is 1. The van der Waals surface area contributed by atoms with Gasteiger partial charge in [0, 0.05) is 7.05 Å². The molecule has 0 unspecified atom stereocenters. The van der Waals surface area contributed by atoms with Gasteiger partial charge < -0.3 is 5.73 Å². The SMILES string of the molecule is Cc1ccccc1N(C)S(=O)(=O)CCCN. The third-order valence-corrected chi connectivity index (χ3v) is 4.31. The van der Waals surface area contributed by atoms with Crippen molar-refractivity contribution in [3.05, 3.63) is 29.8 Å². The molecule has 1 aromatic rings. The second-order valence-corrected chi connectivity index (χ2v) is 5.83. The predicted molar refractivity (Wildman–Crippen MR) is 67.0 cm³/mol. The summed E-state index contributed by atoms with van der Waals surface area (Å²) < 4.78 is 25.2. The van der Waals surface area contributed by atoms with Crippen LogP contribution in [0.15, 0.2) is 24.3 Å². The molecule has 0 radical (unpaired) electrons. The first kappa shape index (κ1) is 13.0. The summed E-state index contributed by atoms with van der Waals surface area (Å²) in [6, 6.07) is 7.41. The standard InChI is InChI=1S/C11H18N2O2S/c1-10-6-3-4-7-11(10)13(2)16(14,15)9-5-8-12/h3-4,6-7H,5,8-9,12H2,1-2H3. The summed E-state index contributed by atoms with van der Waals surface area (Å²) in [6.07, 6.45) is 0.485. The van der Waals surface area contributed by atoms with E-state index in [1.165, 1.54) is 4.31 Å². The van der Waals surface area contributed by atoms with Crippen molar-refractivity contribution in [2.45, 2.75) is 13.3 Å². The molecule has 0 aliphatic rings. The quantitative estimate of drug-likeness (QED) is 0.841. The maximum absolute atomic E-state index is 11.9. The lowest BCUT2D eigenvalue weighted by Crippen LogP contribution is -2.30. The van der Waals surface area contributed by atoms with Crippen LogP contribution in [0.5, 0.6) is 0 Å². The van der Waals surface area contributed by atoms with Gasteiger partial charge in [0.05, 0.1) is 11.4 Å². The predicted octanol–water partition coefficient (Wildman–Crippen LogP) is 1.11. The van der Waals surface area contributed by atoms with Crippen molar-refractivity contribution in [1.82, 2.24) is 0 Å². The normalized spacial score (nSPS) is 11.4. The Balaban J connectivity index is 2.94. The lowest BCUT2D eigenvalue weighted by Gasteiger charge is -2.21. The van der Waals surface area contributed by atoms with Crippen molar-refractivity contribution in [3.63, 3.8) is 0 Å². The molecule has 0 aliphatic heterocycles. The van der Waals surface area contributed by atoms with Crippen LogP contribution < -0.4 is 10.0 Å². The van der Waals surface area contributed by atoms with Crippen molar-refractivity contribution in [2.24, 2.45) is 5.73 Å². The van der Waals surface area contributed by atoms with Crippen molar-refractivity contribution >= 4 is 15.7 Å². The maximum Gasteiger partial charge on any atom is 0.234 e. The van der Waals surface area contributed by atoms with Crippen LogP contribution >= 0.6 is 0 Å². The third kappa shape index (κ3) is 2.96. The summed E-state index contributed by atoms with van der Waals surface area (Å²) >= 11 is 0. The summed E-state index contributed by atoms with van der Waals surface area (Å²) in [7, 11) is -1.67. The lowest BCUT2D eigenvalue weighted by atomic mass is 10.2. The molecule has 0 fully saturated rings. The molecule has 5 heteroatoms. The van der Waals surface area contributed by atoms with E-state index in [-0.39, 0.29) is 5.75 Å². The van der Waals surface area contributed by atoms with Crippen LogP contribution in [-0.4, -0.2) is 27.8 Å². The largest absolute Gasteiger partial charge is 0.330 e. The second kappa shape index (κ2) is 5.32. The minimum atomic E-state index is -3.24. The smallest absolute Gasteiger partial charge is 0.234 e. The minimum absolute atomic E-state index is 0.0916. The number of sulfonamides is 1. The molecule has 0 saturated heterocycles. The Labute approximate surface area is 97.1 Å². The molecule has 0 spiro atoms. The Kier molecular flexibility index (Phi) is 4.32. The average Bonchev–Trinajstić information content (AvgIpc) is 2.26. The Morgan fingerprint density at radius 3 is 2.50 bits per heavy atom. The molecule has 2 N–H and O–H groups in total. The van der Waals surface area contributed by atoms with Gasteiger partial charge in [-0.15, -0.1) is 0 Å². The highest BCUT2D eigenvalue weighted by molar-refractivity contribution is 7.92. The van der Waals surface area contributed by atoms with Gasteiger partial charge in [-0.2, -0.15) is 0 Å². The number of hydrogen-bond acceptors (Lipinski definition) is 3. The fourth-order valence-corrected chi connectivity index (χ4v) is 2.78. The van der Waals surface area contributed by atoms with Crippen molar-refractivity contribution < 1.29 is 8.42 Å². The van der Waals surface area contributed by atoms with Gasteiger partial charge in [0.15, 0.2) is 0 Å². The van der Waals surface area contributed by atoms with Crippen LogP contribution in [0.1, 0.15) is 12.0 Å². The second-order valence-electron chi connectivity index (χ2n) is 3.71. The number of hydrogen-bond donors (Lipinski definition) is 1. The Morgan fingerprint density at radius 2 is 1.94 bits per heavy atom. The molecular weight excluding hydrogens is 224 g/mol. The van der Waals surface area contributed by atoms with Crippen LogP contribution in [0.25, 0.3) is 0 Å². The van der Waals surface area contributed by atoms with Gasteiger partial charge >= 0.3 is 0 Å².